The van der Waals surface area contributed by atoms with Gasteiger partial charge in [-0.05, 0) is 32.6 Å². The van der Waals surface area contributed by atoms with Crippen molar-refractivity contribution in [1.82, 2.24) is 15.5 Å². The molecule has 0 radical (unpaired) electrons. The van der Waals surface area contributed by atoms with E-state index in [9.17, 15) is 9.59 Å². The van der Waals surface area contributed by atoms with Crippen LogP contribution in [0.1, 0.15) is 58.3 Å². The normalized spacial score (nSPS) is 21.2. The van der Waals surface area contributed by atoms with Crippen LogP contribution in [0, 0.1) is 0 Å². The number of nitrogens with one attached hydrogen (secondary N) is 2. The molecule has 134 valence electrons. The first-order valence-corrected chi connectivity index (χ1v) is 8.65. The zero-order valence-corrected chi connectivity index (χ0v) is 14.9. The third-order valence-corrected chi connectivity index (χ3v) is 4.62. The Kier molecular flexibility index (Phi) is 8.69. The van der Waals surface area contributed by atoms with E-state index in [1.165, 1.54) is 19.3 Å². The second kappa shape index (κ2) is 9.98. The first kappa shape index (κ1) is 20.0. The van der Waals surface area contributed by atoms with Crippen molar-refractivity contribution in [1.29, 1.82) is 0 Å². The number of piperidine rings is 1. The number of nitrogens with zero attached hydrogens (tertiary/aromatic N) is 1. The minimum absolute atomic E-state index is 0. The van der Waals surface area contributed by atoms with Crippen molar-refractivity contribution in [2.24, 2.45) is 5.73 Å². The molecular formula is C16H31ClN4O2. The Morgan fingerprint density at radius 3 is 2.09 bits per heavy atom. The summed E-state index contributed by atoms with van der Waals surface area (Å²) < 4.78 is 0. The fraction of sp³-hybridized carbons (Fsp3) is 0.875. The maximum Gasteiger partial charge on any atom is 0.315 e. The zero-order chi connectivity index (χ0) is 15.9. The van der Waals surface area contributed by atoms with Gasteiger partial charge in [-0.25, -0.2) is 4.79 Å². The van der Waals surface area contributed by atoms with Gasteiger partial charge in [0.2, 0.25) is 5.91 Å². The van der Waals surface area contributed by atoms with E-state index in [-0.39, 0.29) is 36.4 Å². The quantitative estimate of drug-likeness (QED) is 0.725. The molecule has 1 saturated carbocycles. The molecule has 0 aromatic rings. The van der Waals surface area contributed by atoms with Crippen LogP contribution in [0.25, 0.3) is 0 Å². The highest BCUT2D eigenvalue weighted by Crippen LogP contribution is 2.17. The van der Waals surface area contributed by atoms with Crippen LogP contribution in [-0.4, -0.2) is 48.1 Å². The van der Waals surface area contributed by atoms with Crippen molar-refractivity contribution in [2.45, 2.75) is 76.4 Å². The summed E-state index contributed by atoms with van der Waals surface area (Å²) in [6.07, 6.45) is 7.95. The predicted octanol–water partition coefficient (Wildman–Crippen LogP) is 1.77. The van der Waals surface area contributed by atoms with Gasteiger partial charge in [0.25, 0.3) is 0 Å². The molecule has 0 spiro atoms. The van der Waals surface area contributed by atoms with Crippen LogP contribution in [0.3, 0.4) is 0 Å². The van der Waals surface area contributed by atoms with Crippen molar-refractivity contribution in [3.05, 3.63) is 0 Å². The average Bonchev–Trinajstić information content (AvgIpc) is 2.48. The summed E-state index contributed by atoms with van der Waals surface area (Å²) in [5.74, 6) is 0.125. The molecule has 1 aliphatic heterocycles. The number of carbonyl (C=O) groups excluding carboxylic acids is 2. The number of carbonyl (C=O) groups is 2. The van der Waals surface area contributed by atoms with Crippen molar-refractivity contribution >= 4 is 24.3 Å². The Morgan fingerprint density at radius 1 is 1.04 bits per heavy atom. The second-order valence-electron chi connectivity index (χ2n) is 6.79. The first-order valence-electron chi connectivity index (χ1n) is 8.65. The lowest BCUT2D eigenvalue weighted by molar-refractivity contribution is -0.132. The number of rotatable bonds is 4. The minimum atomic E-state index is -0.0929. The molecule has 1 saturated heterocycles. The molecular weight excluding hydrogens is 316 g/mol. The molecule has 1 unspecified atom stereocenters. The summed E-state index contributed by atoms with van der Waals surface area (Å²) in [6, 6.07) is 0.362. The molecule has 2 aliphatic rings. The van der Waals surface area contributed by atoms with E-state index in [0.29, 0.717) is 25.6 Å². The van der Waals surface area contributed by atoms with Gasteiger partial charge in [-0.15, -0.1) is 12.4 Å². The van der Waals surface area contributed by atoms with E-state index in [1.54, 1.807) is 0 Å². The van der Waals surface area contributed by atoms with Gasteiger partial charge in [0.15, 0.2) is 0 Å². The van der Waals surface area contributed by atoms with E-state index < -0.39 is 0 Å². The first-order chi connectivity index (χ1) is 10.5. The maximum atomic E-state index is 12.0. The second-order valence-corrected chi connectivity index (χ2v) is 6.79. The van der Waals surface area contributed by atoms with E-state index in [0.717, 1.165) is 25.7 Å². The summed E-state index contributed by atoms with van der Waals surface area (Å²) in [4.78, 5) is 25.8. The standard InChI is InChI=1S/C16H30N4O2.ClH/c1-12(17)11-15(21)20-9-7-14(8-10-20)19-16(22)18-13-5-3-2-4-6-13;/h12-14H,2-11,17H2,1H3,(H2,18,19,22);1H. The molecule has 2 fully saturated rings. The Balaban J connectivity index is 0.00000264. The molecule has 1 atom stereocenters. The number of hydrogen-bond donors (Lipinski definition) is 3. The Labute approximate surface area is 145 Å². The topological polar surface area (TPSA) is 87.5 Å². The molecule has 1 aliphatic carbocycles. The fourth-order valence-electron chi connectivity index (χ4n) is 3.34. The largest absolute Gasteiger partial charge is 0.342 e. The summed E-state index contributed by atoms with van der Waals surface area (Å²) in [5.41, 5.74) is 5.67. The Morgan fingerprint density at radius 2 is 1.57 bits per heavy atom. The molecule has 2 rings (SSSR count). The van der Waals surface area contributed by atoms with E-state index in [2.05, 4.69) is 10.6 Å². The smallest absolute Gasteiger partial charge is 0.315 e. The monoisotopic (exact) mass is 346 g/mol. The van der Waals surface area contributed by atoms with Crippen LogP contribution in [0.4, 0.5) is 4.79 Å². The number of likely N-dealkylation sites (tertiary alicyclic amines) is 1. The van der Waals surface area contributed by atoms with Crippen LogP contribution in [0.2, 0.25) is 0 Å². The molecule has 4 N–H and O–H groups in total. The highest BCUT2D eigenvalue weighted by Gasteiger charge is 2.25. The molecule has 7 heteroatoms. The van der Waals surface area contributed by atoms with Crippen LogP contribution in [0.15, 0.2) is 0 Å². The van der Waals surface area contributed by atoms with Crippen LogP contribution in [0.5, 0.6) is 0 Å². The van der Waals surface area contributed by atoms with Gasteiger partial charge in [-0.3, -0.25) is 4.79 Å². The van der Waals surface area contributed by atoms with E-state index in [1.807, 2.05) is 11.8 Å². The van der Waals surface area contributed by atoms with Gasteiger partial charge in [0, 0.05) is 37.6 Å². The predicted molar refractivity (Wildman–Crippen MR) is 93.7 cm³/mol. The lowest BCUT2D eigenvalue weighted by Gasteiger charge is -2.33. The van der Waals surface area contributed by atoms with Crippen LogP contribution in [-0.2, 0) is 4.79 Å². The van der Waals surface area contributed by atoms with Crippen LogP contribution >= 0.6 is 12.4 Å². The van der Waals surface area contributed by atoms with Gasteiger partial charge in [-0.2, -0.15) is 0 Å². The number of hydrogen-bond acceptors (Lipinski definition) is 3. The summed E-state index contributed by atoms with van der Waals surface area (Å²) in [6.45, 7) is 3.27. The highest BCUT2D eigenvalue weighted by atomic mass is 35.5. The molecule has 0 aromatic carbocycles. The molecule has 0 aromatic heterocycles. The Bertz CT molecular complexity index is 378. The average molecular weight is 347 g/mol. The van der Waals surface area contributed by atoms with Gasteiger partial charge in [-0.1, -0.05) is 19.3 Å². The molecule has 6 nitrogen and oxygen atoms in total. The third kappa shape index (κ3) is 6.96. The van der Waals surface area contributed by atoms with E-state index in [4.69, 9.17) is 5.73 Å². The highest BCUT2D eigenvalue weighted by molar-refractivity contribution is 5.85. The number of halogens is 1. The molecule has 23 heavy (non-hydrogen) atoms. The lowest BCUT2D eigenvalue weighted by Crippen LogP contribution is -2.51. The summed E-state index contributed by atoms with van der Waals surface area (Å²) >= 11 is 0. The number of nitrogens with two attached hydrogens (primary N) is 1. The molecule has 0 bridgehead atoms. The Hall–Kier alpha value is -1.01. The lowest BCUT2D eigenvalue weighted by atomic mass is 9.96. The van der Waals surface area contributed by atoms with Gasteiger partial charge < -0.3 is 21.3 Å². The summed E-state index contributed by atoms with van der Waals surface area (Å²) in [5, 5.41) is 6.13. The molecule has 1 heterocycles. The third-order valence-electron chi connectivity index (χ3n) is 4.62. The van der Waals surface area contributed by atoms with Crippen molar-refractivity contribution in [2.75, 3.05) is 13.1 Å². The molecule has 3 amide bonds. The van der Waals surface area contributed by atoms with Crippen molar-refractivity contribution in [3.63, 3.8) is 0 Å². The SMILES string of the molecule is CC(N)CC(=O)N1CCC(NC(=O)NC2CCCCC2)CC1.Cl. The van der Waals surface area contributed by atoms with Gasteiger partial charge in [0.05, 0.1) is 0 Å². The van der Waals surface area contributed by atoms with Gasteiger partial charge >= 0.3 is 6.03 Å². The fourth-order valence-corrected chi connectivity index (χ4v) is 3.34. The summed E-state index contributed by atoms with van der Waals surface area (Å²) in [7, 11) is 0. The van der Waals surface area contributed by atoms with E-state index >= 15 is 0 Å². The van der Waals surface area contributed by atoms with Crippen molar-refractivity contribution in [3.8, 4) is 0 Å². The van der Waals surface area contributed by atoms with Gasteiger partial charge in [0.1, 0.15) is 0 Å². The van der Waals surface area contributed by atoms with Crippen LogP contribution < -0.4 is 16.4 Å². The minimum Gasteiger partial charge on any atom is -0.342 e. The number of urea groups is 1. The zero-order valence-electron chi connectivity index (χ0n) is 14.1. The van der Waals surface area contributed by atoms with Crippen molar-refractivity contribution < 1.29 is 9.59 Å². The maximum absolute atomic E-state index is 12.0. The number of amides is 3.